The smallest absolute Gasteiger partial charge is 0.293 e. The first kappa shape index (κ1) is 18.1. The minimum atomic E-state index is -0.323. The lowest BCUT2D eigenvalue weighted by Crippen LogP contribution is -2.22. The van der Waals surface area contributed by atoms with Gasteiger partial charge in [0.1, 0.15) is 6.61 Å². The Morgan fingerprint density at radius 2 is 1.71 bits per heavy atom. The monoisotopic (exact) mass is 391 g/mol. The molecule has 0 spiro atoms. The van der Waals surface area contributed by atoms with Crippen LogP contribution in [0.1, 0.15) is 11.1 Å². The van der Waals surface area contributed by atoms with E-state index in [1.807, 2.05) is 60.7 Å². The third-order valence-electron chi connectivity index (χ3n) is 4.22. The Balaban J connectivity index is 1.68. The van der Waals surface area contributed by atoms with Crippen LogP contribution in [0.4, 0.5) is 4.79 Å². The van der Waals surface area contributed by atoms with Gasteiger partial charge in [-0.3, -0.25) is 14.5 Å². The molecule has 1 saturated heterocycles. The van der Waals surface area contributed by atoms with Gasteiger partial charge in [-0.25, -0.2) is 4.68 Å². The number of likely N-dealkylation sites (N-methyl/N-ethyl adjacent to an activating group) is 1. The van der Waals surface area contributed by atoms with Crippen LogP contribution in [0.5, 0.6) is 5.88 Å². The zero-order valence-corrected chi connectivity index (χ0v) is 15.9. The van der Waals surface area contributed by atoms with E-state index in [1.165, 1.54) is 7.05 Å². The quantitative estimate of drug-likeness (QED) is 0.612. The average Bonchev–Trinajstić information content (AvgIpc) is 3.24. The number of nitrogens with zero attached hydrogens (tertiary/aromatic N) is 3. The highest BCUT2D eigenvalue weighted by molar-refractivity contribution is 8.18. The molecule has 1 aliphatic heterocycles. The van der Waals surface area contributed by atoms with E-state index < -0.39 is 0 Å². The summed E-state index contributed by atoms with van der Waals surface area (Å²) in [6.07, 6.45) is 3.44. The normalized spacial score (nSPS) is 15.5. The molecule has 140 valence electrons. The molecule has 3 aromatic rings. The number of carbonyl (C=O) groups is 2. The highest BCUT2D eigenvalue weighted by Gasteiger charge is 2.32. The van der Waals surface area contributed by atoms with Gasteiger partial charge in [0.15, 0.2) is 0 Å². The van der Waals surface area contributed by atoms with Gasteiger partial charge >= 0.3 is 0 Å². The Hall–Kier alpha value is -3.32. The molecule has 0 unspecified atom stereocenters. The van der Waals surface area contributed by atoms with E-state index in [-0.39, 0.29) is 11.1 Å². The van der Waals surface area contributed by atoms with E-state index in [9.17, 15) is 9.59 Å². The van der Waals surface area contributed by atoms with Crippen LogP contribution in [-0.2, 0) is 11.4 Å². The molecule has 0 N–H and O–H groups in total. The van der Waals surface area contributed by atoms with Gasteiger partial charge in [-0.2, -0.15) is 0 Å². The highest BCUT2D eigenvalue weighted by Crippen LogP contribution is 2.33. The molecule has 0 radical (unpaired) electrons. The van der Waals surface area contributed by atoms with Crippen molar-refractivity contribution in [3.05, 3.63) is 82.9 Å². The fraction of sp³-hybridized carbons (Fsp3) is 0.0952. The summed E-state index contributed by atoms with van der Waals surface area (Å²) < 4.78 is 7.63. The fourth-order valence-corrected chi connectivity index (χ4v) is 3.53. The Morgan fingerprint density at radius 3 is 2.36 bits per heavy atom. The SMILES string of the molecule is CN1C(=O)SC(=Cc2cn(-c3ccccc3)nc2OCc2ccccc2)C1=O. The molecule has 28 heavy (non-hydrogen) atoms. The standard InChI is InChI=1S/C21H17N3O3S/c1-23-20(25)18(28-21(23)26)12-16-13-24(17-10-6-3-7-11-17)22-19(16)27-14-15-8-4-2-5-9-15/h2-13H,14H2,1H3. The third-order valence-corrected chi connectivity index (χ3v) is 5.18. The third kappa shape index (κ3) is 3.70. The van der Waals surface area contributed by atoms with Gasteiger partial charge in [-0.15, -0.1) is 5.10 Å². The summed E-state index contributed by atoms with van der Waals surface area (Å²) in [7, 11) is 1.47. The van der Waals surface area contributed by atoms with Crippen LogP contribution in [0, 0.1) is 0 Å². The summed E-state index contributed by atoms with van der Waals surface area (Å²) in [6, 6.07) is 19.4. The largest absolute Gasteiger partial charge is 0.471 e. The van der Waals surface area contributed by atoms with Crippen LogP contribution in [0.25, 0.3) is 11.8 Å². The lowest BCUT2D eigenvalue weighted by molar-refractivity contribution is -0.121. The van der Waals surface area contributed by atoms with Gasteiger partial charge in [0.2, 0.25) is 5.88 Å². The van der Waals surface area contributed by atoms with Crippen LogP contribution in [0.15, 0.2) is 71.8 Å². The highest BCUT2D eigenvalue weighted by atomic mass is 32.2. The predicted octanol–water partition coefficient (Wildman–Crippen LogP) is 4.12. The van der Waals surface area contributed by atoms with E-state index in [2.05, 4.69) is 5.10 Å². The Kier molecular flexibility index (Phi) is 4.99. The van der Waals surface area contributed by atoms with Crippen molar-refractivity contribution in [2.24, 2.45) is 0 Å². The Morgan fingerprint density at radius 1 is 1.04 bits per heavy atom. The van der Waals surface area contributed by atoms with E-state index in [0.717, 1.165) is 27.9 Å². The number of aromatic nitrogens is 2. The van der Waals surface area contributed by atoms with Crippen LogP contribution in [-0.4, -0.2) is 32.9 Å². The number of thioether (sulfide) groups is 1. The minimum absolute atomic E-state index is 0.293. The molecule has 0 atom stereocenters. The van der Waals surface area contributed by atoms with Crippen molar-refractivity contribution in [1.82, 2.24) is 14.7 Å². The van der Waals surface area contributed by atoms with Crippen LogP contribution in [0.3, 0.4) is 0 Å². The van der Waals surface area contributed by atoms with Gasteiger partial charge in [0.05, 0.1) is 16.2 Å². The summed E-state index contributed by atoms with van der Waals surface area (Å²) in [5, 5.41) is 4.24. The molecule has 4 rings (SSSR count). The van der Waals surface area contributed by atoms with Gasteiger partial charge in [-0.1, -0.05) is 48.5 Å². The van der Waals surface area contributed by atoms with Crippen LogP contribution in [0.2, 0.25) is 0 Å². The van der Waals surface area contributed by atoms with E-state index >= 15 is 0 Å². The second-order valence-corrected chi connectivity index (χ2v) is 7.18. The number of ether oxygens (including phenoxy) is 1. The second-order valence-electron chi connectivity index (χ2n) is 6.18. The van der Waals surface area contributed by atoms with Gasteiger partial charge in [0.25, 0.3) is 11.1 Å². The van der Waals surface area contributed by atoms with Gasteiger partial charge in [0, 0.05) is 13.2 Å². The maximum Gasteiger partial charge on any atom is 0.293 e. The number of para-hydroxylation sites is 1. The molecule has 2 aromatic carbocycles. The molecule has 2 amide bonds. The number of carbonyl (C=O) groups excluding carboxylic acids is 2. The van der Waals surface area contributed by atoms with Gasteiger partial charge in [-0.05, 0) is 35.5 Å². The van der Waals surface area contributed by atoms with Crippen molar-refractivity contribution < 1.29 is 14.3 Å². The molecule has 0 bridgehead atoms. The van der Waals surface area contributed by atoms with Crippen molar-refractivity contribution in [2.75, 3.05) is 7.05 Å². The molecule has 1 aromatic heterocycles. The van der Waals surface area contributed by atoms with Gasteiger partial charge < -0.3 is 4.74 Å². The summed E-state index contributed by atoms with van der Waals surface area (Å²) in [5.74, 6) is 0.0760. The number of imide groups is 1. The van der Waals surface area contributed by atoms with Crippen molar-refractivity contribution in [1.29, 1.82) is 0 Å². The van der Waals surface area contributed by atoms with E-state index in [1.54, 1.807) is 17.0 Å². The van der Waals surface area contributed by atoms with Crippen molar-refractivity contribution in [3.63, 3.8) is 0 Å². The zero-order chi connectivity index (χ0) is 19.5. The number of hydrogen-bond acceptors (Lipinski definition) is 5. The zero-order valence-electron chi connectivity index (χ0n) is 15.1. The van der Waals surface area contributed by atoms with Crippen molar-refractivity contribution >= 4 is 29.0 Å². The van der Waals surface area contributed by atoms with E-state index in [4.69, 9.17) is 4.74 Å². The summed E-state index contributed by atoms with van der Waals surface area (Å²) >= 11 is 0.911. The molecule has 7 heteroatoms. The number of benzene rings is 2. The average molecular weight is 391 g/mol. The molecular weight excluding hydrogens is 374 g/mol. The second kappa shape index (κ2) is 7.74. The van der Waals surface area contributed by atoms with Crippen LogP contribution >= 0.6 is 11.8 Å². The maximum absolute atomic E-state index is 12.2. The minimum Gasteiger partial charge on any atom is -0.471 e. The lowest BCUT2D eigenvalue weighted by Gasteiger charge is -2.04. The number of hydrogen-bond donors (Lipinski definition) is 0. The molecule has 1 aliphatic rings. The molecule has 0 aliphatic carbocycles. The summed E-state index contributed by atoms with van der Waals surface area (Å²) in [4.78, 5) is 25.5. The van der Waals surface area contributed by atoms with Crippen molar-refractivity contribution in [2.45, 2.75) is 6.61 Å². The number of rotatable bonds is 5. The first-order valence-corrected chi connectivity index (χ1v) is 9.47. The fourth-order valence-electron chi connectivity index (χ4n) is 2.71. The lowest BCUT2D eigenvalue weighted by atomic mass is 10.2. The molecule has 6 nitrogen and oxygen atoms in total. The first-order chi connectivity index (χ1) is 13.6. The van der Waals surface area contributed by atoms with Crippen LogP contribution < -0.4 is 4.74 Å². The van der Waals surface area contributed by atoms with E-state index in [0.29, 0.717) is 23.0 Å². The maximum atomic E-state index is 12.2. The first-order valence-electron chi connectivity index (χ1n) is 8.65. The Bertz CT molecular complexity index is 1050. The van der Waals surface area contributed by atoms with Crippen molar-refractivity contribution in [3.8, 4) is 11.6 Å². The molecular formula is C21H17N3O3S. The summed E-state index contributed by atoms with van der Waals surface area (Å²) in [6.45, 7) is 0.350. The topological polar surface area (TPSA) is 64.4 Å². The molecule has 2 heterocycles. The predicted molar refractivity (Wildman–Crippen MR) is 108 cm³/mol. The number of amides is 2. The summed E-state index contributed by atoms with van der Waals surface area (Å²) in [5.41, 5.74) is 2.52. The molecule has 0 saturated carbocycles. The Labute approximate surface area is 166 Å². The molecule has 1 fully saturated rings.